The summed E-state index contributed by atoms with van der Waals surface area (Å²) in [6.07, 6.45) is 0. The van der Waals surface area contributed by atoms with E-state index < -0.39 is 5.54 Å². The Morgan fingerprint density at radius 3 is 1.50 bits per heavy atom. The molecule has 1 amide bonds. The quantitative estimate of drug-likeness (QED) is 0.624. The van der Waals surface area contributed by atoms with Crippen LogP contribution < -0.4 is 16.2 Å². The summed E-state index contributed by atoms with van der Waals surface area (Å²) in [5.74, 6) is -0.0443. The Morgan fingerprint density at radius 1 is 0.731 bits per heavy atom. The van der Waals surface area contributed by atoms with Gasteiger partial charge in [-0.1, -0.05) is 91.0 Å². The molecule has 1 atom stereocenters. The molecule has 3 aromatic carbocycles. The fourth-order valence-corrected chi connectivity index (χ4v) is 3.61. The van der Waals surface area contributed by atoms with Gasteiger partial charge in [0.1, 0.15) is 6.04 Å². The Labute approximate surface area is 153 Å². The van der Waals surface area contributed by atoms with Crippen LogP contribution >= 0.6 is 0 Å². The summed E-state index contributed by atoms with van der Waals surface area (Å²) in [4.78, 5) is 12.3. The van der Waals surface area contributed by atoms with Crippen molar-refractivity contribution >= 4 is 5.91 Å². The van der Waals surface area contributed by atoms with Crippen LogP contribution in [0.5, 0.6) is 0 Å². The molecule has 1 saturated heterocycles. The minimum Gasteiger partial charge on any atom is -0.290 e. The zero-order valence-corrected chi connectivity index (χ0v) is 14.4. The molecule has 4 heteroatoms. The third-order valence-corrected chi connectivity index (χ3v) is 4.85. The van der Waals surface area contributed by atoms with Crippen molar-refractivity contribution in [3.63, 3.8) is 0 Å². The lowest BCUT2D eigenvalue weighted by atomic mass is 9.76. The molecule has 0 unspecified atom stereocenters. The van der Waals surface area contributed by atoms with Crippen LogP contribution in [-0.4, -0.2) is 18.5 Å². The number of benzene rings is 3. The van der Waals surface area contributed by atoms with Gasteiger partial charge < -0.3 is 0 Å². The van der Waals surface area contributed by atoms with Gasteiger partial charge in [0.25, 0.3) is 5.91 Å². The third-order valence-electron chi connectivity index (χ3n) is 4.85. The Balaban J connectivity index is 1.95. The zero-order chi connectivity index (χ0) is 17.8. The summed E-state index contributed by atoms with van der Waals surface area (Å²) in [6, 6.07) is 30.5. The highest BCUT2D eigenvalue weighted by Crippen LogP contribution is 2.37. The Hall–Kier alpha value is -2.95. The van der Waals surface area contributed by atoms with E-state index in [4.69, 9.17) is 0 Å². The van der Waals surface area contributed by atoms with Crippen LogP contribution in [0.2, 0.25) is 0 Å². The van der Waals surface area contributed by atoms with Gasteiger partial charge in [-0.3, -0.25) is 15.5 Å². The molecular weight excluding hydrogens is 322 g/mol. The van der Waals surface area contributed by atoms with E-state index in [2.05, 4.69) is 52.6 Å². The smallest absolute Gasteiger partial charge is 0.252 e. The molecule has 1 aliphatic rings. The van der Waals surface area contributed by atoms with E-state index in [-0.39, 0.29) is 11.9 Å². The molecule has 1 fully saturated rings. The SMILES string of the molecule is O=C1NNC[C@@H]1NC(c1ccccc1)(c1ccccc1)c1ccccc1. The normalized spacial score (nSPS) is 17.1. The molecule has 3 aromatic rings. The Kier molecular flexibility index (Phi) is 4.52. The number of rotatable bonds is 5. The van der Waals surface area contributed by atoms with Gasteiger partial charge in [-0.25, -0.2) is 5.43 Å². The van der Waals surface area contributed by atoms with E-state index in [1.807, 2.05) is 54.6 Å². The Morgan fingerprint density at radius 2 is 1.15 bits per heavy atom. The van der Waals surface area contributed by atoms with Gasteiger partial charge >= 0.3 is 0 Å². The second-order valence-electron chi connectivity index (χ2n) is 6.42. The van der Waals surface area contributed by atoms with Crippen LogP contribution in [0.25, 0.3) is 0 Å². The van der Waals surface area contributed by atoms with Crippen LogP contribution in [0.4, 0.5) is 0 Å². The number of hydrogen-bond donors (Lipinski definition) is 3. The maximum absolute atomic E-state index is 12.3. The highest BCUT2D eigenvalue weighted by Gasteiger charge is 2.40. The van der Waals surface area contributed by atoms with Gasteiger partial charge in [0.05, 0.1) is 5.54 Å². The summed E-state index contributed by atoms with van der Waals surface area (Å²) in [6.45, 7) is 0.535. The molecule has 0 aliphatic carbocycles. The largest absolute Gasteiger partial charge is 0.290 e. The molecule has 26 heavy (non-hydrogen) atoms. The summed E-state index contributed by atoms with van der Waals surface area (Å²) in [5, 5.41) is 3.65. The average Bonchev–Trinajstić information content (AvgIpc) is 3.12. The summed E-state index contributed by atoms with van der Waals surface area (Å²) < 4.78 is 0. The number of carbonyl (C=O) groups is 1. The van der Waals surface area contributed by atoms with Crippen LogP contribution in [0.3, 0.4) is 0 Å². The first-order valence-corrected chi connectivity index (χ1v) is 8.78. The molecule has 4 nitrogen and oxygen atoms in total. The molecule has 0 spiro atoms. The lowest BCUT2D eigenvalue weighted by Crippen LogP contribution is -2.53. The lowest BCUT2D eigenvalue weighted by molar-refractivity contribution is -0.121. The van der Waals surface area contributed by atoms with Crippen LogP contribution in [0.1, 0.15) is 16.7 Å². The standard InChI is InChI=1S/C22H21N3O/c26-21-20(16-23-25-21)24-22(17-10-4-1-5-11-17,18-12-6-2-7-13-18)19-14-8-3-9-15-19/h1-15,20,23-24H,16H2,(H,25,26)/t20-/m0/s1. The van der Waals surface area contributed by atoms with Crippen LogP contribution in [0.15, 0.2) is 91.0 Å². The van der Waals surface area contributed by atoms with Crippen LogP contribution in [-0.2, 0) is 10.3 Å². The summed E-state index contributed by atoms with van der Waals surface area (Å²) >= 11 is 0. The average molecular weight is 343 g/mol. The molecule has 130 valence electrons. The van der Waals surface area contributed by atoms with Crippen molar-refractivity contribution in [3.05, 3.63) is 108 Å². The molecule has 4 rings (SSSR count). The molecule has 1 heterocycles. The third kappa shape index (κ3) is 2.90. The summed E-state index contributed by atoms with van der Waals surface area (Å²) in [5.41, 5.74) is 8.29. The minimum atomic E-state index is -0.627. The first-order chi connectivity index (χ1) is 12.8. The van der Waals surface area contributed by atoms with Crippen molar-refractivity contribution in [1.82, 2.24) is 16.2 Å². The molecule has 0 saturated carbocycles. The van der Waals surface area contributed by atoms with E-state index in [1.54, 1.807) is 0 Å². The minimum absolute atomic E-state index is 0.0443. The van der Waals surface area contributed by atoms with Gasteiger partial charge in [-0.2, -0.15) is 0 Å². The predicted molar refractivity (Wildman–Crippen MR) is 102 cm³/mol. The number of hydrazine groups is 1. The maximum atomic E-state index is 12.3. The molecule has 1 aliphatic heterocycles. The van der Waals surface area contributed by atoms with Crippen molar-refractivity contribution in [2.24, 2.45) is 0 Å². The number of hydrogen-bond acceptors (Lipinski definition) is 3. The van der Waals surface area contributed by atoms with Gasteiger partial charge in [-0.15, -0.1) is 0 Å². The van der Waals surface area contributed by atoms with E-state index in [9.17, 15) is 4.79 Å². The fraction of sp³-hybridized carbons (Fsp3) is 0.136. The number of nitrogens with one attached hydrogen (secondary N) is 3. The van der Waals surface area contributed by atoms with Crippen molar-refractivity contribution in [2.75, 3.05) is 6.54 Å². The van der Waals surface area contributed by atoms with Crippen LogP contribution in [0, 0.1) is 0 Å². The summed E-state index contributed by atoms with van der Waals surface area (Å²) in [7, 11) is 0. The predicted octanol–water partition coefficient (Wildman–Crippen LogP) is 2.57. The van der Waals surface area contributed by atoms with Gasteiger partial charge in [-0.05, 0) is 16.7 Å². The first-order valence-electron chi connectivity index (χ1n) is 8.78. The van der Waals surface area contributed by atoms with E-state index in [0.717, 1.165) is 16.7 Å². The Bertz CT molecular complexity index is 769. The zero-order valence-electron chi connectivity index (χ0n) is 14.4. The second-order valence-corrected chi connectivity index (χ2v) is 6.42. The molecule has 0 aromatic heterocycles. The number of amides is 1. The van der Waals surface area contributed by atoms with E-state index in [0.29, 0.717) is 6.54 Å². The van der Waals surface area contributed by atoms with Crippen molar-refractivity contribution in [1.29, 1.82) is 0 Å². The van der Waals surface area contributed by atoms with Gasteiger partial charge in [0.15, 0.2) is 0 Å². The highest BCUT2D eigenvalue weighted by molar-refractivity contribution is 5.83. The van der Waals surface area contributed by atoms with Crippen molar-refractivity contribution in [3.8, 4) is 0 Å². The van der Waals surface area contributed by atoms with E-state index >= 15 is 0 Å². The molecule has 0 bridgehead atoms. The first kappa shape index (κ1) is 16.5. The molecule has 3 N–H and O–H groups in total. The van der Waals surface area contributed by atoms with Crippen molar-refractivity contribution in [2.45, 2.75) is 11.6 Å². The lowest BCUT2D eigenvalue weighted by Gasteiger charge is -2.38. The molecular formula is C22H21N3O. The highest BCUT2D eigenvalue weighted by atomic mass is 16.2. The topological polar surface area (TPSA) is 53.2 Å². The van der Waals surface area contributed by atoms with Gasteiger partial charge in [0, 0.05) is 6.54 Å². The fourth-order valence-electron chi connectivity index (χ4n) is 3.61. The number of carbonyl (C=O) groups excluding carboxylic acids is 1. The van der Waals surface area contributed by atoms with E-state index in [1.165, 1.54) is 0 Å². The van der Waals surface area contributed by atoms with Crippen molar-refractivity contribution < 1.29 is 4.79 Å². The second kappa shape index (κ2) is 7.12. The van der Waals surface area contributed by atoms with Gasteiger partial charge in [0.2, 0.25) is 0 Å². The maximum Gasteiger partial charge on any atom is 0.252 e. The molecule has 0 radical (unpaired) electrons. The monoisotopic (exact) mass is 343 g/mol.